The van der Waals surface area contributed by atoms with Crippen molar-refractivity contribution in [1.82, 2.24) is 9.55 Å². The van der Waals surface area contributed by atoms with Gasteiger partial charge in [0.15, 0.2) is 11.4 Å². The van der Waals surface area contributed by atoms with Crippen LogP contribution in [0.1, 0.15) is 30.3 Å². The van der Waals surface area contributed by atoms with Gasteiger partial charge in [0.25, 0.3) is 0 Å². The van der Waals surface area contributed by atoms with Crippen molar-refractivity contribution in [3.63, 3.8) is 0 Å². The van der Waals surface area contributed by atoms with E-state index in [1.807, 2.05) is 12.1 Å². The maximum absolute atomic E-state index is 11.7. The van der Waals surface area contributed by atoms with Gasteiger partial charge in [0.2, 0.25) is 0 Å². The number of carbonyl (C=O) groups excluding carboxylic acids is 1. The van der Waals surface area contributed by atoms with Crippen molar-refractivity contribution in [2.45, 2.75) is 18.9 Å². The number of nitriles is 2. The van der Waals surface area contributed by atoms with E-state index in [2.05, 4.69) is 4.98 Å². The minimum atomic E-state index is -0.538. The van der Waals surface area contributed by atoms with Crippen LogP contribution in [0.5, 0.6) is 0 Å². The second kappa shape index (κ2) is 4.26. The molecule has 2 rings (SSSR count). The zero-order chi connectivity index (χ0) is 12.4. The predicted molar refractivity (Wildman–Crippen MR) is 55.4 cm³/mol. The van der Waals surface area contributed by atoms with Gasteiger partial charge in [-0.15, -0.1) is 0 Å². The second-order valence-corrected chi connectivity index (χ2v) is 3.88. The molecule has 1 fully saturated rings. The van der Waals surface area contributed by atoms with Crippen LogP contribution in [0.2, 0.25) is 0 Å². The normalized spacial score (nSPS) is 15.7. The summed E-state index contributed by atoms with van der Waals surface area (Å²) in [6.45, 7) is 0. The van der Waals surface area contributed by atoms with Gasteiger partial charge in [-0.3, -0.25) is 0 Å². The smallest absolute Gasteiger partial charge is 0.329 e. The Hall–Kier alpha value is -2.34. The van der Waals surface area contributed by atoms with Gasteiger partial charge >= 0.3 is 5.97 Å². The second-order valence-electron chi connectivity index (χ2n) is 3.88. The van der Waals surface area contributed by atoms with Gasteiger partial charge in [0.05, 0.1) is 13.4 Å². The Morgan fingerprint density at radius 1 is 1.59 bits per heavy atom. The van der Waals surface area contributed by atoms with Crippen LogP contribution < -0.4 is 0 Å². The molecule has 1 aromatic rings. The predicted octanol–water partition coefficient (Wildman–Crippen LogP) is 0.751. The molecule has 0 N–H and O–H groups in total. The molecule has 0 radical (unpaired) electrons. The fraction of sp³-hybridized carbons (Fsp3) is 0.455. The quantitative estimate of drug-likeness (QED) is 0.714. The highest BCUT2D eigenvalue weighted by molar-refractivity contribution is 5.75. The number of aromatic nitrogens is 2. The van der Waals surface area contributed by atoms with Crippen molar-refractivity contribution in [3.05, 3.63) is 17.7 Å². The minimum Gasteiger partial charge on any atom is -0.467 e. The fourth-order valence-corrected chi connectivity index (χ4v) is 1.83. The number of carbonyl (C=O) groups is 1. The van der Waals surface area contributed by atoms with Gasteiger partial charge in [-0.05, 0) is 18.8 Å². The zero-order valence-electron chi connectivity index (χ0n) is 9.25. The van der Waals surface area contributed by atoms with Gasteiger partial charge in [0.1, 0.15) is 18.2 Å². The average Bonchev–Trinajstić information content (AvgIpc) is 3.09. The van der Waals surface area contributed by atoms with Crippen molar-refractivity contribution in [2.75, 3.05) is 7.11 Å². The first kappa shape index (κ1) is 11.2. The number of nitrogens with zero attached hydrogens (tertiary/aromatic N) is 4. The lowest BCUT2D eigenvalue weighted by Gasteiger charge is -2.15. The van der Waals surface area contributed by atoms with E-state index in [-0.39, 0.29) is 17.3 Å². The average molecular weight is 230 g/mol. The van der Waals surface area contributed by atoms with Crippen molar-refractivity contribution < 1.29 is 9.53 Å². The third kappa shape index (κ3) is 1.85. The van der Waals surface area contributed by atoms with Crippen LogP contribution in [0.25, 0.3) is 0 Å². The topological polar surface area (TPSA) is 91.7 Å². The molecule has 1 aromatic heterocycles. The van der Waals surface area contributed by atoms with E-state index >= 15 is 0 Å². The summed E-state index contributed by atoms with van der Waals surface area (Å²) in [5, 5.41) is 17.8. The van der Waals surface area contributed by atoms with E-state index in [4.69, 9.17) is 15.3 Å². The van der Waals surface area contributed by atoms with E-state index in [1.54, 1.807) is 0 Å². The van der Waals surface area contributed by atoms with Crippen LogP contribution in [0.4, 0.5) is 0 Å². The summed E-state index contributed by atoms with van der Waals surface area (Å²) in [4.78, 5) is 15.5. The Bertz CT molecular complexity index is 531. The van der Waals surface area contributed by atoms with Crippen molar-refractivity contribution in [1.29, 1.82) is 10.5 Å². The molecular weight excluding hydrogens is 220 g/mol. The molecule has 0 saturated heterocycles. The molecule has 1 aliphatic rings. The van der Waals surface area contributed by atoms with Gasteiger partial charge in [0, 0.05) is 0 Å². The molecule has 0 aromatic carbocycles. The highest BCUT2D eigenvalue weighted by Crippen LogP contribution is 2.41. The number of hydrogen-bond acceptors (Lipinski definition) is 5. The monoisotopic (exact) mass is 230 g/mol. The van der Waals surface area contributed by atoms with E-state index < -0.39 is 12.0 Å². The molecule has 1 atom stereocenters. The third-order valence-electron chi connectivity index (χ3n) is 2.82. The molecule has 1 unspecified atom stereocenters. The summed E-state index contributed by atoms with van der Waals surface area (Å²) >= 11 is 0. The Kier molecular flexibility index (Phi) is 2.80. The van der Waals surface area contributed by atoms with Crippen LogP contribution in [-0.4, -0.2) is 22.6 Å². The van der Waals surface area contributed by atoms with E-state index in [0.717, 1.165) is 12.8 Å². The lowest BCUT2D eigenvalue weighted by molar-refractivity contribution is -0.145. The molecule has 0 bridgehead atoms. The molecular formula is C11H10N4O2. The molecule has 6 nitrogen and oxygen atoms in total. The first-order chi connectivity index (χ1) is 8.22. The number of hydrogen-bond donors (Lipinski definition) is 0. The number of methoxy groups -OCH3 is 1. The zero-order valence-corrected chi connectivity index (χ0v) is 9.25. The van der Waals surface area contributed by atoms with Crippen LogP contribution >= 0.6 is 0 Å². The fourth-order valence-electron chi connectivity index (χ4n) is 1.83. The number of esters is 1. The van der Waals surface area contributed by atoms with Gasteiger partial charge < -0.3 is 9.30 Å². The number of ether oxygens (including phenoxy) is 1. The largest absolute Gasteiger partial charge is 0.467 e. The Morgan fingerprint density at radius 3 is 2.76 bits per heavy atom. The van der Waals surface area contributed by atoms with E-state index in [9.17, 15) is 4.79 Å². The van der Waals surface area contributed by atoms with E-state index in [0.29, 0.717) is 0 Å². The van der Waals surface area contributed by atoms with Crippen LogP contribution in [-0.2, 0) is 9.53 Å². The minimum absolute atomic E-state index is 0.0436. The SMILES string of the molecule is COC(=O)C(C1CC1)n1cnc(C#N)c1C#N. The summed E-state index contributed by atoms with van der Waals surface area (Å²) in [6.07, 6.45) is 3.20. The van der Waals surface area contributed by atoms with Crippen molar-refractivity contribution in [3.8, 4) is 12.1 Å². The maximum Gasteiger partial charge on any atom is 0.329 e. The Morgan fingerprint density at radius 2 is 2.29 bits per heavy atom. The summed E-state index contributed by atoms with van der Waals surface area (Å²) in [5.41, 5.74) is 0.164. The molecule has 17 heavy (non-hydrogen) atoms. The summed E-state index contributed by atoms with van der Waals surface area (Å²) < 4.78 is 6.18. The van der Waals surface area contributed by atoms with E-state index in [1.165, 1.54) is 18.0 Å². The van der Waals surface area contributed by atoms with Crippen molar-refractivity contribution in [2.24, 2.45) is 5.92 Å². The molecule has 6 heteroatoms. The molecule has 1 saturated carbocycles. The number of rotatable bonds is 3. The van der Waals surface area contributed by atoms with Crippen LogP contribution in [0.3, 0.4) is 0 Å². The highest BCUT2D eigenvalue weighted by Gasteiger charge is 2.39. The van der Waals surface area contributed by atoms with Crippen molar-refractivity contribution >= 4 is 5.97 Å². The van der Waals surface area contributed by atoms with Crippen LogP contribution in [0.15, 0.2) is 6.33 Å². The molecule has 1 aliphatic carbocycles. The van der Waals surface area contributed by atoms with Gasteiger partial charge in [-0.25, -0.2) is 9.78 Å². The first-order valence-electron chi connectivity index (χ1n) is 5.17. The highest BCUT2D eigenvalue weighted by atomic mass is 16.5. The standard InChI is InChI=1S/C11H10N4O2/c1-17-11(16)10(7-2-3-7)15-6-14-8(4-12)9(15)5-13/h6-7,10H,2-3H2,1H3. The lowest BCUT2D eigenvalue weighted by Crippen LogP contribution is -2.23. The molecule has 0 aliphatic heterocycles. The van der Waals surface area contributed by atoms with Gasteiger partial charge in [-0.1, -0.05) is 0 Å². The lowest BCUT2D eigenvalue weighted by atomic mass is 10.1. The summed E-state index contributed by atoms with van der Waals surface area (Å²) in [6, 6.07) is 3.20. The molecule has 0 spiro atoms. The summed E-state index contributed by atoms with van der Waals surface area (Å²) in [5.74, 6) is -0.221. The van der Waals surface area contributed by atoms with Crippen LogP contribution in [0, 0.1) is 28.6 Å². The molecule has 1 heterocycles. The number of imidazole rings is 1. The molecule has 86 valence electrons. The van der Waals surface area contributed by atoms with Gasteiger partial charge in [-0.2, -0.15) is 10.5 Å². The Labute approximate surface area is 98.0 Å². The first-order valence-corrected chi connectivity index (χ1v) is 5.17. The summed E-state index contributed by atoms with van der Waals surface area (Å²) in [7, 11) is 1.31. The third-order valence-corrected chi connectivity index (χ3v) is 2.82. The Balaban J connectivity index is 2.44. The molecule has 0 amide bonds. The maximum atomic E-state index is 11.7.